The van der Waals surface area contributed by atoms with Gasteiger partial charge in [-0.1, -0.05) is 0 Å². The van der Waals surface area contributed by atoms with E-state index in [1.807, 2.05) is 6.07 Å². The molecular formula is C9H16Cl2N3O2P. The maximum atomic E-state index is 12.7. The van der Waals surface area contributed by atoms with Crippen molar-refractivity contribution in [3.63, 3.8) is 0 Å². The molecule has 0 unspecified atom stereocenters. The second-order valence-electron chi connectivity index (χ2n) is 3.52. The fourth-order valence-corrected chi connectivity index (χ4v) is 4.37. The van der Waals surface area contributed by atoms with Crippen molar-refractivity contribution in [2.24, 2.45) is 0 Å². The summed E-state index contributed by atoms with van der Waals surface area (Å²) < 4.78 is 21.6. The van der Waals surface area contributed by atoms with Crippen LogP contribution in [0.4, 0.5) is 0 Å². The average Bonchev–Trinajstić information content (AvgIpc) is 3.13. The minimum atomic E-state index is -3.01. The van der Waals surface area contributed by atoms with Crippen molar-refractivity contribution in [2.75, 3.05) is 44.5 Å². The highest BCUT2D eigenvalue weighted by molar-refractivity contribution is 7.54. The Balaban J connectivity index is 2.66. The Kier molecular flexibility index (Phi) is 6.79. The van der Waals surface area contributed by atoms with Gasteiger partial charge in [-0.25, -0.2) is 9.34 Å². The van der Waals surface area contributed by atoms with Gasteiger partial charge in [0.25, 0.3) is 0 Å². The van der Waals surface area contributed by atoms with Crippen LogP contribution in [-0.4, -0.2) is 53.9 Å². The van der Waals surface area contributed by atoms with Gasteiger partial charge in [0.05, 0.1) is 19.1 Å². The number of halogens is 2. The molecule has 8 heteroatoms. The lowest BCUT2D eigenvalue weighted by Gasteiger charge is -2.30. The third-order valence-corrected chi connectivity index (χ3v) is 5.38. The van der Waals surface area contributed by atoms with Gasteiger partial charge in [0.2, 0.25) is 0 Å². The number of hydrogen-bond acceptors (Lipinski definition) is 3. The van der Waals surface area contributed by atoms with Gasteiger partial charge in [-0.15, -0.1) is 23.2 Å². The van der Waals surface area contributed by atoms with Crippen LogP contribution in [0.2, 0.25) is 0 Å². The largest absolute Gasteiger partial charge is 0.346 e. The number of nitrogens with zero attached hydrogens (tertiary/aromatic N) is 3. The summed E-state index contributed by atoms with van der Waals surface area (Å²) in [5.41, 5.74) is 0. The highest BCUT2D eigenvalue weighted by Gasteiger charge is 2.44. The molecule has 1 fully saturated rings. The predicted molar refractivity (Wildman–Crippen MR) is 68.4 cm³/mol. The molecule has 0 aromatic carbocycles. The van der Waals surface area contributed by atoms with Crippen molar-refractivity contribution < 1.29 is 9.09 Å². The monoisotopic (exact) mass is 299 g/mol. The van der Waals surface area contributed by atoms with E-state index >= 15 is 0 Å². The topological polar surface area (TPSA) is 56.3 Å². The van der Waals surface area contributed by atoms with Crippen LogP contribution in [0.5, 0.6) is 0 Å². The first-order valence-electron chi connectivity index (χ1n) is 5.43. The normalized spacial score (nSPS) is 18.9. The summed E-state index contributed by atoms with van der Waals surface area (Å²) in [6, 6.07) is 1.97. The Morgan fingerprint density at radius 2 is 1.94 bits per heavy atom. The van der Waals surface area contributed by atoms with Gasteiger partial charge >= 0.3 is 7.67 Å². The van der Waals surface area contributed by atoms with E-state index in [4.69, 9.17) is 33.0 Å². The third-order valence-electron chi connectivity index (χ3n) is 2.30. The zero-order valence-corrected chi connectivity index (χ0v) is 11.9. The van der Waals surface area contributed by atoms with E-state index in [9.17, 15) is 4.57 Å². The Bertz CT molecular complexity index is 314. The van der Waals surface area contributed by atoms with Crippen molar-refractivity contribution in [3.05, 3.63) is 0 Å². The standard InChI is InChI=1S/C9H16Cl2N3O2P/c10-2-5-13(6-3-11)17(15,14-7-8-14)16-9-1-4-12/h1-3,5-9H2/t17-/m1/s1. The van der Waals surface area contributed by atoms with Crippen LogP contribution in [0.25, 0.3) is 0 Å². The van der Waals surface area contributed by atoms with Gasteiger partial charge in [-0.2, -0.15) is 5.26 Å². The molecule has 0 radical (unpaired) electrons. The van der Waals surface area contributed by atoms with Crippen LogP contribution in [0.15, 0.2) is 0 Å². The first-order valence-corrected chi connectivity index (χ1v) is 8.03. The van der Waals surface area contributed by atoms with Crippen LogP contribution in [-0.2, 0) is 9.09 Å². The lowest BCUT2D eigenvalue weighted by atomic mass is 10.5. The van der Waals surface area contributed by atoms with Crippen molar-refractivity contribution in [3.8, 4) is 6.07 Å². The van der Waals surface area contributed by atoms with Gasteiger partial charge in [-0.05, 0) is 0 Å². The van der Waals surface area contributed by atoms with Crippen LogP contribution >= 0.6 is 30.9 Å². The molecule has 1 rings (SSSR count). The molecule has 0 aromatic heterocycles. The summed E-state index contributed by atoms with van der Waals surface area (Å²) in [6.45, 7) is 2.62. The number of hydrogen-bond donors (Lipinski definition) is 0. The molecule has 1 atom stereocenters. The first-order chi connectivity index (χ1) is 8.19. The molecule has 0 amide bonds. The Morgan fingerprint density at radius 1 is 1.35 bits per heavy atom. The van der Waals surface area contributed by atoms with Crippen molar-refractivity contribution in [1.29, 1.82) is 5.26 Å². The molecule has 1 saturated heterocycles. The Labute approximate surface area is 112 Å². The second-order valence-corrected chi connectivity index (χ2v) is 6.64. The number of nitriles is 1. The highest BCUT2D eigenvalue weighted by atomic mass is 35.5. The Morgan fingerprint density at radius 3 is 2.35 bits per heavy atom. The maximum Gasteiger partial charge on any atom is 0.346 e. The Hall–Kier alpha value is 0.180. The average molecular weight is 300 g/mol. The van der Waals surface area contributed by atoms with Crippen LogP contribution < -0.4 is 0 Å². The predicted octanol–water partition coefficient (Wildman–Crippen LogP) is 2.12. The lowest BCUT2D eigenvalue weighted by Crippen LogP contribution is -2.29. The molecule has 1 heterocycles. The fourth-order valence-electron chi connectivity index (χ4n) is 1.41. The quantitative estimate of drug-likeness (QED) is 0.282. The summed E-state index contributed by atoms with van der Waals surface area (Å²) >= 11 is 11.4. The molecule has 0 bridgehead atoms. The number of alkyl halides is 2. The van der Waals surface area contributed by atoms with Gasteiger partial charge < -0.3 is 4.52 Å². The minimum Gasteiger partial charge on any atom is -0.305 e. The second kappa shape index (κ2) is 7.58. The number of rotatable bonds is 9. The van der Waals surface area contributed by atoms with Gasteiger partial charge in [0.1, 0.15) is 0 Å². The SMILES string of the molecule is N#CCCO[P@](=O)(N(CCCl)CCCl)N1CC1. The summed E-state index contributed by atoms with van der Waals surface area (Å²) in [5.74, 6) is 0.743. The molecule has 17 heavy (non-hydrogen) atoms. The summed E-state index contributed by atoms with van der Waals surface area (Å²) in [7, 11) is -3.01. The molecule has 5 nitrogen and oxygen atoms in total. The first kappa shape index (κ1) is 15.2. The van der Waals surface area contributed by atoms with E-state index in [-0.39, 0.29) is 13.0 Å². The van der Waals surface area contributed by atoms with E-state index in [0.29, 0.717) is 24.8 Å². The van der Waals surface area contributed by atoms with E-state index in [0.717, 1.165) is 13.1 Å². The van der Waals surface area contributed by atoms with Crippen molar-refractivity contribution in [2.45, 2.75) is 6.42 Å². The molecular weight excluding hydrogens is 284 g/mol. The van der Waals surface area contributed by atoms with Gasteiger partial charge in [0.15, 0.2) is 0 Å². The smallest absolute Gasteiger partial charge is 0.305 e. The van der Waals surface area contributed by atoms with Crippen LogP contribution in [0.1, 0.15) is 6.42 Å². The van der Waals surface area contributed by atoms with Gasteiger partial charge in [0, 0.05) is 37.9 Å². The lowest BCUT2D eigenvalue weighted by molar-refractivity contribution is 0.248. The molecule has 0 N–H and O–H groups in total. The molecule has 1 aliphatic rings. The summed E-state index contributed by atoms with van der Waals surface area (Å²) in [6.07, 6.45) is 0.230. The maximum absolute atomic E-state index is 12.7. The van der Waals surface area contributed by atoms with Crippen molar-refractivity contribution >= 4 is 30.9 Å². The minimum absolute atomic E-state index is 0.172. The molecule has 0 saturated carbocycles. The van der Waals surface area contributed by atoms with Crippen molar-refractivity contribution in [1.82, 2.24) is 9.34 Å². The zero-order valence-electron chi connectivity index (χ0n) is 9.52. The summed E-state index contributed by atoms with van der Waals surface area (Å²) in [5, 5.41) is 8.47. The van der Waals surface area contributed by atoms with E-state index in [2.05, 4.69) is 0 Å². The fraction of sp³-hybridized carbons (Fsp3) is 0.889. The molecule has 0 aliphatic carbocycles. The van der Waals surface area contributed by atoms with Crippen LogP contribution in [0, 0.1) is 11.3 Å². The van der Waals surface area contributed by atoms with E-state index < -0.39 is 7.67 Å². The third kappa shape index (κ3) is 4.40. The highest BCUT2D eigenvalue weighted by Crippen LogP contribution is 2.57. The van der Waals surface area contributed by atoms with Gasteiger partial charge in [-0.3, -0.25) is 4.57 Å². The van der Waals surface area contributed by atoms with E-state index in [1.54, 1.807) is 9.34 Å². The molecule has 98 valence electrons. The molecule has 1 aliphatic heterocycles. The molecule has 0 spiro atoms. The van der Waals surface area contributed by atoms with E-state index in [1.165, 1.54) is 0 Å². The summed E-state index contributed by atoms with van der Waals surface area (Å²) in [4.78, 5) is 0. The zero-order chi connectivity index (χ0) is 12.7. The van der Waals surface area contributed by atoms with Crippen LogP contribution in [0.3, 0.4) is 0 Å². The molecule has 0 aromatic rings.